The lowest BCUT2D eigenvalue weighted by Gasteiger charge is -2.18. The Morgan fingerprint density at radius 2 is 1.94 bits per heavy atom. The van der Waals surface area contributed by atoms with E-state index in [0.29, 0.717) is 0 Å². The highest BCUT2D eigenvalue weighted by Gasteiger charge is 2.26. The van der Waals surface area contributed by atoms with Crippen LogP contribution in [0.3, 0.4) is 0 Å². The van der Waals surface area contributed by atoms with Gasteiger partial charge in [-0.3, -0.25) is 9.59 Å². The van der Waals surface area contributed by atoms with Crippen LogP contribution in [-0.2, 0) is 14.4 Å². The number of carboxylic acid groups (broad SMARTS) is 1. The van der Waals surface area contributed by atoms with Crippen LogP contribution < -0.4 is 16.0 Å². The van der Waals surface area contributed by atoms with Crippen molar-refractivity contribution in [2.24, 2.45) is 0 Å². The summed E-state index contributed by atoms with van der Waals surface area (Å²) < 4.78 is 0. The third kappa shape index (κ3) is 5.13. The number of hydrogen-bond donors (Lipinski definition) is 4. The molecule has 2 atom stereocenters. The van der Waals surface area contributed by atoms with E-state index < -0.39 is 24.0 Å². The van der Waals surface area contributed by atoms with Gasteiger partial charge in [0, 0.05) is 19.5 Å². The number of carboxylic acids is 1. The zero-order valence-corrected chi connectivity index (χ0v) is 10.5. The summed E-state index contributed by atoms with van der Waals surface area (Å²) in [6.07, 6.45) is 2.00. The molecule has 18 heavy (non-hydrogen) atoms. The molecule has 102 valence electrons. The monoisotopic (exact) mass is 257 g/mol. The van der Waals surface area contributed by atoms with Gasteiger partial charge in [0.15, 0.2) is 0 Å². The molecule has 1 saturated carbocycles. The highest BCUT2D eigenvalue weighted by atomic mass is 16.4. The summed E-state index contributed by atoms with van der Waals surface area (Å²) in [7, 11) is 0. The fourth-order valence-electron chi connectivity index (χ4n) is 1.39. The van der Waals surface area contributed by atoms with Crippen molar-refractivity contribution in [2.75, 3.05) is 6.54 Å². The predicted octanol–water partition coefficient (Wildman–Crippen LogP) is -1.17. The molecular weight excluding hydrogens is 238 g/mol. The molecule has 0 bridgehead atoms. The molecule has 0 aliphatic heterocycles. The number of aliphatic carboxylic acids is 1. The van der Waals surface area contributed by atoms with Crippen LogP contribution in [0.5, 0.6) is 0 Å². The summed E-state index contributed by atoms with van der Waals surface area (Å²) in [5.74, 6) is -1.70. The molecule has 2 amide bonds. The van der Waals surface area contributed by atoms with Crippen LogP contribution >= 0.6 is 0 Å². The first-order chi connectivity index (χ1) is 8.40. The maximum absolute atomic E-state index is 11.6. The van der Waals surface area contributed by atoms with Crippen molar-refractivity contribution >= 4 is 17.8 Å². The van der Waals surface area contributed by atoms with Crippen molar-refractivity contribution in [1.29, 1.82) is 0 Å². The number of nitrogens with one attached hydrogen (secondary N) is 3. The van der Waals surface area contributed by atoms with E-state index in [-0.39, 0.29) is 18.5 Å². The maximum atomic E-state index is 11.6. The van der Waals surface area contributed by atoms with Crippen LogP contribution in [0.1, 0.15) is 26.7 Å². The summed E-state index contributed by atoms with van der Waals surface area (Å²) in [4.78, 5) is 33.2. The lowest BCUT2D eigenvalue weighted by Crippen LogP contribution is -2.51. The highest BCUT2D eigenvalue weighted by molar-refractivity contribution is 5.83. The largest absolute Gasteiger partial charge is 0.480 e. The van der Waals surface area contributed by atoms with Gasteiger partial charge in [-0.15, -0.1) is 0 Å². The molecule has 1 aliphatic rings. The van der Waals surface area contributed by atoms with E-state index >= 15 is 0 Å². The molecular formula is C11H19N3O4. The van der Waals surface area contributed by atoms with E-state index in [1.165, 1.54) is 6.92 Å². The second-order valence-electron chi connectivity index (χ2n) is 4.50. The first kappa shape index (κ1) is 14.4. The first-order valence-corrected chi connectivity index (χ1v) is 5.94. The van der Waals surface area contributed by atoms with Crippen molar-refractivity contribution in [3.63, 3.8) is 0 Å². The van der Waals surface area contributed by atoms with E-state index in [4.69, 9.17) is 5.11 Å². The number of carbonyl (C=O) groups excluding carboxylic acids is 2. The van der Waals surface area contributed by atoms with Crippen molar-refractivity contribution in [2.45, 2.75) is 44.8 Å². The Balaban J connectivity index is 2.33. The normalized spacial score (nSPS) is 17.7. The van der Waals surface area contributed by atoms with Crippen molar-refractivity contribution in [3.8, 4) is 0 Å². The van der Waals surface area contributed by atoms with Crippen LogP contribution in [-0.4, -0.2) is 47.6 Å². The maximum Gasteiger partial charge on any atom is 0.327 e. The molecule has 7 nitrogen and oxygen atoms in total. The van der Waals surface area contributed by atoms with Crippen LogP contribution in [0, 0.1) is 0 Å². The lowest BCUT2D eigenvalue weighted by atomic mass is 10.2. The Labute approximate surface area is 105 Å². The van der Waals surface area contributed by atoms with E-state index in [0.717, 1.165) is 12.8 Å². The first-order valence-electron chi connectivity index (χ1n) is 5.94. The summed E-state index contributed by atoms with van der Waals surface area (Å²) in [5, 5.41) is 16.8. The van der Waals surface area contributed by atoms with Crippen molar-refractivity contribution in [1.82, 2.24) is 16.0 Å². The smallest absolute Gasteiger partial charge is 0.327 e. The van der Waals surface area contributed by atoms with Gasteiger partial charge < -0.3 is 21.1 Å². The van der Waals surface area contributed by atoms with Gasteiger partial charge in [0.25, 0.3) is 0 Å². The average molecular weight is 257 g/mol. The summed E-state index contributed by atoms with van der Waals surface area (Å²) in [6, 6.07) is -1.24. The van der Waals surface area contributed by atoms with Gasteiger partial charge >= 0.3 is 5.97 Å². The molecule has 0 aromatic heterocycles. The topological polar surface area (TPSA) is 108 Å². The molecule has 1 fully saturated rings. The summed E-state index contributed by atoms with van der Waals surface area (Å²) in [6.45, 7) is 2.91. The van der Waals surface area contributed by atoms with E-state index in [9.17, 15) is 14.4 Å². The molecule has 1 rings (SSSR count). The number of amides is 2. The SMILES string of the molecule is CC(=O)NC(CNC(C)C(=O)NC1CC1)C(=O)O. The molecule has 0 saturated heterocycles. The Morgan fingerprint density at radius 3 is 2.39 bits per heavy atom. The Morgan fingerprint density at radius 1 is 1.33 bits per heavy atom. The third-order valence-electron chi connectivity index (χ3n) is 2.62. The molecule has 4 N–H and O–H groups in total. The molecule has 0 aromatic carbocycles. The molecule has 0 radical (unpaired) electrons. The minimum Gasteiger partial charge on any atom is -0.480 e. The molecule has 1 aliphatic carbocycles. The predicted molar refractivity (Wildman–Crippen MR) is 63.9 cm³/mol. The Kier molecular flexibility index (Phi) is 5.08. The van der Waals surface area contributed by atoms with Gasteiger partial charge in [-0.05, 0) is 19.8 Å². The van der Waals surface area contributed by atoms with Gasteiger partial charge in [-0.2, -0.15) is 0 Å². The number of rotatable bonds is 7. The van der Waals surface area contributed by atoms with Crippen LogP contribution in [0.15, 0.2) is 0 Å². The van der Waals surface area contributed by atoms with E-state index in [1.54, 1.807) is 6.92 Å². The molecule has 0 spiro atoms. The van der Waals surface area contributed by atoms with Gasteiger partial charge in [0.05, 0.1) is 6.04 Å². The summed E-state index contributed by atoms with van der Waals surface area (Å²) >= 11 is 0. The fourth-order valence-corrected chi connectivity index (χ4v) is 1.39. The summed E-state index contributed by atoms with van der Waals surface area (Å²) in [5.41, 5.74) is 0. The van der Waals surface area contributed by atoms with Crippen LogP contribution in [0.25, 0.3) is 0 Å². The van der Waals surface area contributed by atoms with E-state index in [1.807, 2.05) is 0 Å². The third-order valence-corrected chi connectivity index (χ3v) is 2.62. The van der Waals surface area contributed by atoms with E-state index in [2.05, 4.69) is 16.0 Å². The van der Waals surface area contributed by atoms with Gasteiger partial charge in [0.1, 0.15) is 6.04 Å². The molecule has 2 unspecified atom stereocenters. The van der Waals surface area contributed by atoms with Crippen molar-refractivity contribution in [3.05, 3.63) is 0 Å². The minimum absolute atomic E-state index is 0.00810. The zero-order valence-electron chi connectivity index (χ0n) is 10.5. The second kappa shape index (κ2) is 6.34. The van der Waals surface area contributed by atoms with Gasteiger partial charge in [-0.25, -0.2) is 4.79 Å². The minimum atomic E-state index is -1.13. The zero-order chi connectivity index (χ0) is 13.7. The van der Waals surface area contributed by atoms with Gasteiger partial charge in [0.2, 0.25) is 11.8 Å². The second-order valence-corrected chi connectivity index (χ2v) is 4.50. The Bertz CT molecular complexity index is 341. The lowest BCUT2D eigenvalue weighted by molar-refractivity contribution is -0.141. The van der Waals surface area contributed by atoms with Crippen molar-refractivity contribution < 1.29 is 19.5 Å². The molecule has 7 heteroatoms. The standard InChI is InChI=1S/C11H19N3O4/c1-6(10(16)14-8-3-4-8)12-5-9(11(17)18)13-7(2)15/h6,8-9,12H,3-5H2,1-2H3,(H,13,15)(H,14,16)(H,17,18). The Hall–Kier alpha value is -1.63. The fraction of sp³-hybridized carbons (Fsp3) is 0.727. The number of hydrogen-bond acceptors (Lipinski definition) is 4. The van der Waals surface area contributed by atoms with Crippen LogP contribution in [0.4, 0.5) is 0 Å². The van der Waals surface area contributed by atoms with Crippen LogP contribution in [0.2, 0.25) is 0 Å². The molecule has 0 aromatic rings. The molecule has 0 heterocycles. The highest BCUT2D eigenvalue weighted by Crippen LogP contribution is 2.18. The van der Waals surface area contributed by atoms with Gasteiger partial charge in [-0.1, -0.05) is 0 Å². The number of carbonyl (C=O) groups is 3. The average Bonchev–Trinajstić information content (AvgIpc) is 3.06. The quantitative estimate of drug-likeness (QED) is 0.460.